The summed E-state index contributed by atoms with van der Waals surface area (Å²) in [5.41, 5.74) is 0.777. The molecule has 2 aromatic carbocycles. The fourth-order valence-corrected chi connectivity index (χ4v) is 3.38. The van der Waals surface area contributed by atoms with Gasteiger partial charge in [-0.15, -0.1) is 0 Å². The maximum absolute atomic E-state index is 13.1. The summed E-state index contributed by atoms with van der Waals surface area (Å²) in [6, 6.07) is 8.36. The summed E-state index contributed by atoms with van der Waals surface area (Å²) in [6.45, 7) is 2.76. The highest BCUT2D eigenvalue weighted by molar-refractivity contribution is 6.32. The molecule has 2 aromatic rings. The topological polar surface area (TPSA) is 66.7 Å². The van der Waals surface area contributed by atoms with E-state index in [1.165, 1.54) is 30.3 Å². The lowest BCUT2D eigenvalue weighted by atomic mass is 10.1. The molecular formula is C18H16Cl2FN3O3. The van der Waals surface area contributed by atoms with E-state index in [-0.39, 0.29) is 28.0 Å². The number of hydrogen-bond acceptors (Lipinski definition) is 4. The van der Waals surface area contributed by atoms with Gasteiger partial charge in [0.2, 0.25) is 0 Å². The molecule has 1 saturated heterocycles. The molecule has 0 unspecified atom stereocenters. The van der Waals surface area contributed by atoms with Gasteiger partial charge < -0.3 is 4.90 Å². The molecule has 1 aliphatic rings. The molecular weight excluding hydrogens is 396 g/mol. The van der Waals surface area contributed by atoms with E-state index in [2.05, 4.69) is 4.90 Å². The van der Waals surface area contributed by atoms with Crippen molar-refractivity contribution in [2.24, 2.45) is 0 Å². The molecule has 27 heavy (non-hydrogen) atoms. The van der Waals surface area contributed by atoms with Gasteiger partial charge in [0.1, 0.15) is 10.8 Å². The summed E-state index contributed by atoms with van der Waals surface area (Å²) in [7, 11) is 0. The molecule has 0 bridgehead atoms. The minimum Gasteiger partial charge on any atom is -0.336 e. The molecule has 6 nitrogen and oxygen atoms in total. The number of nitro groups is 1. The molecule has 1 fully saturated rings. The zero-order valence-electron chi connectivity index (χ0n) is 14.2. The maximum atomic E-state index is 13.1. The first kappa shape index (κ1) is 19.5. The highest BCUT2D eigenvalue weighted by Gasteiger charge is 2.24. The van der Waals surface area contributed by atoms with Gasteiger partial charge in [-0.25, -0.2) is 4.39 Å². The van der Waals surface area contributed by atoms with Gasteiger partial charge in [-0.2, -0.15) is 0 Å². The number of hydrogen-bond donors (Lipinski definition) is 0. The lowest BCUT2D eigenvalue weighted by Crippen LogP contribution is -2.48. The molecule has 142 valence electrons. The molecule has 3 rings (SSSR count). The van der Waals surface area contributed by atoms with E-state index in [4.69, 9.17) is 23.2 Å². The van der Waals surface area contributed by atoms with Crippen LogP contribution in [0.3, 0.4) is 0 Å². The second kappa shape index (κ2) is 8.21. The fraction of sp³-hybridized carbons (Fsp3) is 0.278. The second-order valence-corrected chi connectivity index (χ2v) is 7.04. The maximum Gasteiger partial charge on any atom is 0.288 e. The lowest BCUT2D eigenvalue weighted by molar-refractivity contribution is -0.384. The number of nitro benzene ring substituents is 1. The minimum atomic E-state index is -0.608. The van der Waals surface area contributed by atoms with Crippen molar-refractivity contribution in [3.05, 3.63) is 73.5 Å². The molecule has 0 aromatic heterocycles. The van der Waals surface area contributed by atoms with Crippen molar-refractivity contribution in [2.75, 3.05) is 26.2 Å². The highest BCUT2D eigenvalue weighted by Crippen LogP contribution is 2.26. The molecule has 1 amide bonds. The first-order valence-corrected chi connectivity index (χ1v) is 9.00. The van der Waals surface area contributed by atoms with Gasteiger partial charge >= 0.3 is 0 Å². The lowest BCUT2D eigenvalue weighted by Gasteiger charge is -2.35. The largest absolute Gasteiger partial charge is 0.336 e. The van der Waals surface area contributed by atoms with Crippen molar-refractivity contribution < 1.29 is 14.1 Å². The number of halogens is 3. The van der Waals surface area contributed by atoms with Crippen LogP contribution in [0.2, 0.25) is 10.0 Å². The summed E-state index contributed by atoms with van der Waals surface area (Å²) in [6.07, 6.45) is 0. The Morgan fingerprint density at radius 1 is 1.07 bits per heavy atom. The van der Waals surface area contributed by atoms with Crippen LogP contribution in [0.25, 0.3) is 0 Å². The van der Waals surface area contributed by atoms with Crippen molar-refractivity contribution in [2.45, 2.75) is 6.54 Å². The molecule has 0 N–H and O–H groups in total. The monoisotopic (exact) mass is 411 g/mol. The van der Waals surface area contributed by atoms with Gasteiger partial charge in [0, 0.05) is 49.4 Å². The van der Waals surface area contributed by atoms with E-state index in [1.54, 1.807) is 11.0 Å². The standard InChI is InChI=1S/C18H16Cl2FN3O3/c19-15-4-2-12(9-17(15)24(26)27)18(25)23-7-5-22(6-8-23)11-13-1-3-14(21)10-16(13)20/h1-4,9-10H,5-8,11H2. The Hall–Kier alpha value is -2.22. The van der Waals surface area contributed by atoms with E-state index >= 15 is 0 Å². The first-order chi connectivity index (χ1) is 12.8. The van der Waals surface area contributed by atoms with Crippen molar-refractivity contribution >= 4 is 34.8 Å². The molecule has 0 atom stereocenters. The summed E-state index contributed by atoms with van der Waals surface area (Å²) >= 11 is 11.9. The van der Waals surface area contributed by atoms with Gasteiger partial charge in [0.05, 0.1) is 4.92 Å². The van der Waals surface area contributed by atoms with Crippen LogP contribution in [0.5, 0.6) is 0 Å². The van der Waals surface area contributed by atoms with Crippen LogP contribution in [0, 0.1) is 15.9 Å². The fourth-order valence-electron chi connectivity index (χ4n) is 2.97. The molecule has 0 radical (unpaired) electrons. The Morgan fingerprint density at radius 3 is 2.41 bits per heavy atom. The number of amides is 1. The van der Waals surface area contributed by atoms with Crippen molar-refractivity contribution in [1.82, 2.24) is 9.80 Å². The van der Waals surface area contributed by atoms with E-state index < -0.39 is 4.92 Å². The smallest absolute Gasteiger partial charge is 0.288 e. The van der Waals surface area contributed by atoms with Crippen LogP contribution in [-0.4, -0.2) is 46.8 Å². The van der Waals surface area contributed by atoms with Gasteiger partial charge in [0.25, 0.3) is 11.6 Å². The van der Waals surface area contributed by atoms with Crippen LogP contribution < -0.4 is 0 Å². The number of nitrogens with zero attached hydrogens (tertiary/aromatic N) is 3. The quantitative estimate of drug-likeness (QED) is 0.563. The third-order valence-corrected chi connectivity index (χ3v) is 5.13. The third kappa shape index (κ3) is 4.55. The average Bonchev–Trinajstić information content (AvgIpc) is 2.64. The highest BCUT2D eigenvalue weighted by atomic mass is 35.5. The summed E-state index contributed by atoms with van der Waals surface area (Å²) < 4.78 is 13.1. The molecule has 0 saturated carbocycles. The van der Waals surface area contributed by atoms with Crippen LogP contribution in [0.1, 0.15) is 15.9 Å². The Balaban J connectivity index is 1.62. The predicted octanol–water partition coefficient (Wildman–Crippen LogP) is 4.00. The van der Waals surface area contributed by atoms with Gasteiger partial charge in [0.15, 0.2) is 0 Å². The number of rotatable bonds is 4. The van der Waals surface area contributed by atoms with Crippen LogP contribution in [-0.2, 0) is 6.54 Å². The summed E-state index contributed by atoms with van der Waals surface area (Å²) in [4.78, 5) is 26.8. The van der Waals surface area contributed by atoms with Crippen molar-refractivity contribution in [3.63, 3.8) is 0 Å². The normalized spacial score (nSPS) is 15.0. The van der Waals surface area contributed by atoms with E-state index in [9.17, 15) is 19.3 Å². The number of benzene rings is 2. The molecule has 1 heterocycles. The third-order valence-electron chi connectivity index (χ3n) is 4.46. The molecule has 0 spiro atoms. The summed E-state index contributed by atoms with van der Waals surface area (Å²) in [5.74, 6) is -0.648. The van der Waals surface area contributed by atoms with Crippen LogP contribution in [0.15, 0.2) is 36.4 Å². The van der Waals surface area contributed by atoms with E-state index in [0.29, 0.717) is 37.7 Å². The SMILES string of the molecule is O=C(c1ccc(Cl)c([N+](=O)[O-])c1)N1CCN(Cc2ccc(F)cc2Cl)CC1. The number of carbonyl (C=O) groups excluding carboxylic acids is 1. The number of piperazine rings is 1. The van der Waals surface area contributed by atoms with Crippen molar-refractivity contribution in [1.29, 1.82) is 0 Å². The van der Waals surface area contributed by atoms with E-state index in [1.807, 2.05) is 0 Å². The second-order valence-electron chi connectivity index (χ2n) is 6.23. The Bertz CT molecular complexity index is 886. The summed E-state index contributed by atoms with van der Waals surface area (Å²) in [5, 5.41) is 11.4. The zero-order chi connectivity index (χ0) is 19.6. The molecule has 9 heteroatoms. The number of carbonyl (C=O) groups is 1. The zero-order valence-corrected chi connectivity index (χ0v) is 15.7. The Labute approximate surface area is 165 Å². The van der Waals surface area contributed by atoms with Gasteiger partial charge in [-0.1, -0.05) is 29.3 Å². The van der Waals surface area contributed by atoms with Gasteiger partial charge in [-0.05, 0) is 29.8 Å². The Morgan fingerprint density at radius 2 is 1.78 bits per heavy atom. The first-order valence-electron chi connectivity index (χ1n) is 8.24. The van der Waals surface area contributed by atoms with Crippen molar-refractivity contribution in [3.8, 4) is 0 Å². The Kier molecular flexibility index (Phi) is 5.94. The predicted molar refractivity (Wildman–Crippen MR) is 101 cm³/mol. The average molecular weight is 412 g/mol. The van der Waals surface area contributed by atoms with Crippen LogP contribution in [0.4, 0.5) is 10.1 Å². The minimum absolute atomic E-state index is 0.00227. The molecule has 1 aliphatic heterocycles. The van der Waals surface area contributed by atoms with Crippen LogP contribution >= 0.6 is 23.2 Å². The molecule has 0 aliphatic carbocycles. The van der Waals surface area contributed by atoms with Gasteiger partial charge in [-0.3, -0.25) is 19.8 Å². The van der Waals surface area contributed by atoms with E-state index in [0.717, 1.165) is 5.56 Å².